The number of nitrogens with zero attached hydrogens (tertiary/aromatic N) is 2. The molecule has 1 N–H and O–H groups in total. The molecule has 0 radical (unpaired) electrons. The molecule has 2 aromatic rings. The minimum atomic E-state index is -0.340. The highest BCUT2D eigenvalue weighted by Crippen LogP contribution is 2.33. The van der Waals surface area contributed by atoms with Crippen LogP contribution in [0.3, 0.4) is 0 Å². The van der Waals surface area contributed by atoms with Crippen LogP contribution in [0.15, 0.2) is 35.3 Å². The Bertz CT molecular complexity index is 916. The number of carbonyl (C=O) groups is 1. The van der Waals surface area contributed by atoms with Crippen LogP contribution in [0.5, 0.6) is 11.5 Å². The quantitative estimate of drug-likeness (QED) is 0.869. The van der Waals surface area contributed by atoms with Gasteiger partial charge in [-0.25, -0.2) is 0 Å². The van der Waals surface area contributed by atoms with Crippen LogP contribution in [0.1, 0.15) is 28.8 Å². The van der Waals surface area contributed by atoms with Gasteiger partial charge in [0.1, 0.15) is 5.56 Å². The van der Waals surface area contributed by atoms with Crippen LogP contribution in [0.2, 0.25) is 0 Å². The number of aryl methyl sites for hydroxylation is 1. The predicted octanol–water partition coefficient (Wildman–Crippen LogP) is 1.70. The third-order valence-corrected chi connectivity index (χ3v) is 5.07. The third-order valence-electron chi connectivity index (χ3n) is 5.07. The van der Waals surface area contributed by atoms with E-state index in [9.17, 15) is 9.59 Å². The highest BCUT2D eigenvalue weighted by Gasteiger charge is 2.19. The van der Waals surface area contributed by atoms with E-state index in [4.69, 9.17) is 9.47 Å². The number of hydrogen-bond donors (Lipinski definition) is 1. The van der Waals surface area contributed by atoms with Gasteiger partial charge in [0.05, 0.1) is 5.69 Å². The fourth-order valence-corrected chi connectivity index (χ4v) is 3.56. The van der Waals surface area contributed by atoms with Crippen LogP contribution in [0, 0.1) is 6.92 Å². The zero-order valence-electron chi connectivity index (χ0n) is 15.4. The highest BCUT2D eigenvalue weighted by molar-refractivity contribution is 5.95. The Balaban J connectivity index is 1.55. The van der Waals surface area contributed by atoms with Crippen molar-refractivity contribution in [2.45, 2.75) is 19.8 Å². The maximum absolute atomic E-state index is 13.0. The van der Waals surface area contributed by atoms with Crippen molar-refractivity contribution < 1.29 is 14.3 Å². The molecule has 0 saturated carbocycles. The summed E-state index contributed by atoms with van der Waals surface area (Å²) in [5.74, 6) is 0.919. The SMILES string of the molecule is Cc1ccn(-c2ccc3c(c2)OCO3)c(=O)c1C(=O)NCCN1CCCC1. The van der Waals surface area contributed by atoms with Crippen LogP contribution in [-0.4, -0.2) is 48.3 Å². The second-order valence-electron chi connectivity index (χ2n) is 6.89. The Morgan fingerprint density at radius 1 is 1.15 bits per heavy atom. The zero-order chi connectivity index (χ0) is 18.8. The van der Waals surface area contributed by atoms with Crippen molar-refractivity contribution in [2.24, 2.45) is 0 Å². The molecule has 1 aromatic carbocycles. The van der Waals surface area contributed by atoms with Gasteiger partial charge in [-0.1, -0.05) is 0 Å². The average molecular weight is 369 g/mol. The Labute approximate surface area is 157 Å². The molecule has 142 valence electrons. The second kappa shape index (κ2) is 7.44. The summed E-state index contributed by atoms with van der Waals surface area (Å²) in [7, 11) is 0. The summed E-state index contributed by atoms with van der Waals surface area (Å²) in [5.41, 5.74) is 1.13. The van der Waals surface area contributed by atoms with E-state index in [1.165, 1.54) is 17.4 Å². The molecule has 1 amide bonds. The first-order valence-electron chi connectivity index (χ1n) is 9.26. The molecule has 4 rings (SSSR count). The lowest BCUT2D eigenvalue weighted by atomic mass is 10.1. The highest BCUT2D eigenvalue weighted by atomic mass is 16.7. The number of likely N-dealkylation sites (tertiary alicyclic amines) is 1. The van der Waals surface area contributed by atoms with Gasteiger partial charge < -0.3 is 19.7 Å². The van der Waals surface area contributed by atoms with Crippen molar-refractivity contribution in [3.8, 4) is 17.2 Å². The van der Waals surface area contributed by atoms with Crippen LogP contribution < -0.4 is 20.3 Å². The number of aromatic nitrogens is 1. The largest absolute Gasteiger partial charge is 0.454 e. The fourth-order valence-electron chi connectivity index (χ4n) is 3.56. The average Bonchev–Trinajstić information content (AvgIpc) is 3.32. The number of fused-ring (bicyclic) bond motifs is 1. The lowest BCUT2D eigenvalue weighted by Gasteiger charge is -2.15. The predicted molar refractivity (Wildman–Crippen MR) is 101 cm³/mol. The summed E-state index contributed by atoms with van der Waals surface area (Å²) in [4.78, 5) is 27.9. The van der Waals surface area contributed by atoms with Crippen molar-refractivity contribution in [3.63, 3.8) is 0 Å². The van der Waals surface area contributed by atoms with E-state index in [-0.39, 0.29) is 23.8 Å². The van der Waals surface area contributed by atoms with Gasteiger partial charge in [-0.3, -0.25) is 14.2 Å². The molecule has 27 heavy (non-hydrogen) atoms. The Morgan fingerprint density at radius 2 is 1.93 bits per heavy atom. The number of hydrogen-bond acceptors (Lipinski definition) is 5. The van der Waals surface area contributed by atoms with Crippen molar-refractivity contribution in [1.29, 1.82) is 0 Å². The summed E-state index contributed by atoms with van der Waals surface area (Å²) in [5, 5.41) is 2.89. The van der Waals surface area contributed by atoms with Crippen LogP contribution in [0.4, 0.5) is 0 Å². The molecule has 0 spiro atoms. The Morgan fingerprint density at radius 3 is 2.74 bits per heavy atom. The molecule has 7 nitrogen and oxygen atoms in total. The number of pyridine rings is 1. The molecule has 1 saturated heterocycles. The Hall–Kier alpha value is -2.80. The molecule has 0 aliphatic carbocycles. The Kier molecular flexibility index (Phi) is 4.85. The number of benzene rings is 1. The van der Waals surface area contributed by atoms with E-state index < -0.39 is 0 Å². The van der Waals surface area contributed by atoms with E-state index in [0.717, 1.165) is 19.6 Å². The van der Waals surface area contributed by atoms with Crippen molar-refractivity contribution >= 4 is 5.91 Å². The molecule has 0 atom stereocenters. The van der Waals surface area contributed by atoms with Crippen LogP contribution >= 0.6 is 0 Å². The van der Waals surface area contributed by atoms with Gasteiger partial charge in [-0.05, 0) is 56.6 Å². The topological polar surface area (TPSA) is 72.8 Å². The van der Waals surface area contributed by atoms with Gasteiger partial charge in [-0.15, -0.1) is 0 Å². The van der Waals surface area contributed by atoms with Gasteiger partial charge in [0.2, 0.25) is 6.79 Å². The summed E-state index contributed by atoms with van der Waals surface area (Å²) in [6.07, 6.45) is 4.11. The van der Waals surface area contributed by atoms with Crippen LogP contribution in [0.25, 0.3) is 5.69 Å². The molecule has 0 unspecified atom stereocenters. The first kappa shape index (κ1) is 17.6. The molecule has 1 fully saturated rings. The van der Waals surface area contributed by atoms with E-state index in [2.05, 4.69) is 10.2 Å². The fraction of sp³-hybridized carbons (Fsp3) is 0.400. The van der Waals surface area contributed by atoms with Crippen LogP contribution in [-0.2, 0) is 0 Å². The molecular weight excluding hydrogens is 346 g/mol. The van der Waals surface area contributed by atoms with E-state index in [0.29, 0.717) is 29.3 Å². The molecule has 3 heterocycles. The standard InChI is InChI=1S/C20H23N3O4/c1-14-6-10-23(15-4-5-16-17(12-15)27-13-26-16)20(25)18(14)19(24)21-7-11-22-8-2-3-9-22/h4-6,10,12H,2-3,7-9,11,13H2,1H3,(H,21,24). The maximum Gasteiger partial charge on any atom is 0.268 e. The lowest BCUT2D eigenvalue weighted by molar-refractivity contribution is 0.0947. The van der Waals surface area contributed by atoms with E-state index in [1.54, 1.807) is 37.4 Å². The summed E-state index contributed by atoms with van der Waals surface area (Å²) in [6.45, 7) is 5.46. The van der Waals surface area contributed by atoms with Gasteiger partial charge in [0.15, 0.2) is 11.5 Å². The van der Waals surface area contributed by atoms with Gasteiger partial charge in [-0.2, -0.15) is 0 Å². The number of ether oxygens (including phenoxy) is 2. The zero-order valence-corrected chi connectivity index (χ0v) is 15.4. The lowest BCUT2D eigenvalue weighted by Crippen LogP contribution is -2.37. The first-order chi connectivity index (χ1) is 13.1. The summed E-state index contributed by atoms with van der Waals surface area (Å²) in [6, 6.07) is 7.06. The first-order valence-corrected chi connectivity index (χ1v) is 9.26. The molecule has 7 heteroatoms. The number of rotatable bonds is 5. The van der Waals surface area contributed by atoms with Gasteiger partial charge >= 0.3 is 0 Å². The summed E-state index contributed by atoms with van der Waals surface area (Å²) >= 11 is 0. The monoisotopic (exact) mass is 369 g/mol. The van der Waals surface area contributed by atoms with Crippen molar-refractivity contribution in [3.05, 3.63) is 51.9 Å². The normalized spacial score (nSPS) is 15.9. The molecule has 2 aliphatic heterocycles. The van der Waals surface area contributed by atoms with Gasteiger partial charge in [0.25, 0.3) is 11.5 Å². The second-order valence-corrected chi connectivity index (χ2v) is 6.89. The summed E-state index contributed by atoms with van der Waals surface area (Å²) < 4.78 is 12.2. The molecule has 0 bridgehead atoms. The molecular formula is C20H23N3O4. The molecule has 2 aliphatic rings. The maximum atomic E-state index is 13.0. The third kappa shape index (κ3) is 3.55. The van der Waals surface area contributed by atoms with Crippen molar-refractivity contribution in [2.75, 3.05) is 33.0 Å². The minimum Gasteiger partial charge on any atom is -0.454 e. The molecule has 1 aromatic heterocycles. The minimum absolute atomic E-state index is 0.173. The van der Waals surface area contributed by atoms with E-state index in [1.807, 2.05) is 0 Å². The van der Waals surface area contributed by atoms with E-state index >= 15 is 0 Å². The van der Waals surface area contributed by atoms with Crippen molar-refractivity contribution in [1.82, 2.24) is 14.8 Å². The number of carbonyl (C=O) groups excluding carboxylic acids is 1. The van der Waals surface area contributed by atoms with Gasteiger partial charge in [0, 0.05) is 25.4 Å². The smallest absolute Gasteiger partial charge is 0.268 e. The number of nitrogens with one attached hydrogen (secondary N) is 1. The number of amides is 1.